The molecule has 13 heteroatoms. The van der Waals surface area contributed by atoms with Gasteiger partial charge in [-0.1, -0.05) is 47.4 Å². The fourth-order valence-corrected chi connectivity index (χ4v) is 5.78. The topological polar surface area (TPSA) is 135 Å². The smallest absolute Gasteiger partial charge is 0.290 e. The molecule has 1 aromatic heterocycles. The van der Waals surface area contributed by atoms with Crippen LogP contribution in [0.15, 0.2) is 62.7 Å². The summed E-state index contributed by atoms with van der Waals surface area (Å²) in [6.45, 7) is 0. The van der Waals surface area contributed by atoms with Gasteiger partial charge < -0.3 is 0 Å². The summed E-state index contributed by atoms with van der Waals surface area (Å²) in [5.41, 5.74) is 2.02. The monoisotopic (exact) mass is 532 g/mol. The summed E-state index contributed by atoms with van der Waals surface area (Å²) in [6.07, 6.45) is 2.74. The predicted octanol–water partition coefficient (Wildman–Crippen LogP) is 3.81. The lowest BCUT2D eigenvalue weighted by Crippen LogP contribution is -2.17. The van der Waals surface area contributed by atoms with Gasteiger partial charge in [0.15, 0.2) is 14.2 Å². The first-order valence-corrected chi connectivity index (χ1v) is 14.1. The van der Waals surface area contributed by atoms with Gasteiger partial charge in [0.05, 0.1) is 9.80 Å². The van der Waals surface area contributed by atoms with Gasteiger partial charge in [-0.15, -0.1) is 10.2 Å². The molecule has 1 fully saturated rings. The molecule has 2 aromatic carbocycles. The van der Waals surface area contributed by atoms with E-state index >= 15 is 0 Å². The van der Waals surface area contributed by atoms with Crippen molar-refractivity contribution < 1.29 is 22.8 Å². The standard InChI is InChI=1S/C21H16N4O5S4/c1-34(29,30)15-8-4-13(5-9-15)11-31-21-25-24-19(33-21)22-17(26)14-6-2-12(3-7-14)10-16-18(27)23-20(28)32-16/h2-10H,11H2,1H3,(H,22,24,26)(H,23,27,28)/b16-10-. The van der Waals surface area contributed by atoms with Crippen LogP contribution in [-0.4, -0.2) is 41.9 Å². The Morgan fingerprint density at radius 2 is 1.79 bits per heavy atom. The zero-order valence-electron chi connectivity index (χ0n) is 17.5. The van der Waals surface area contributed by atoms with Crippen molar-refractivity contribution in [1.29, 1.82) is 0 Å². The van der Waals surface area contributed by atoms with Crippen molar-refractivity contribution in [2.75, 3.05) is 11.6 Å². The quantitative estimate of drug-likeness (QED) is 0.264. The summed E-state index contributed by atoms with van der Waals surface area (Å²) < 4.78 is 23.7. The molecule has 34 heavy (non-hydrogen) atoms. The molecule has 2 N–H and O–H groups in total. The number of imide groups is 1. The Bertz CT molecular complexity index is 1400. The largest absolute Gasteiger partial charge is 0.296 e. The van der Waals surface area contributed by atoms with Crippen molar-refractivity contribution in [3.05, 3.63) is 70.1 Å². The third-order valence-electron chi connectivity index (χ3n) is 4.45. The first kappa shape index (κ1) is 24.1. The summed E-state index contributed by atoms with van der Waals surface area (Å²) in [5, 5.41) is 12.9. The minimum Gasteiger partial charge on any atom is -0.296 e. The van der Waals surface area contributed by atoms with Crippen molar-refractivity contribution in [2.45, 2.75) is 15.0 Å². The lowest BCUT2D eigenvalue weighted by molar-refractivity contribution is -0.115. The summed E-state index contributed by atoms with van der Waals surface area (Å²) in [5.74, 6) is -0.218. The van der Waals surface area contributed by atoms with Crippen molar-refractivity contribution in [2.24, 2.45) is 0 Å². The second-order valence-corrected chi connectivity index (χ2v) is 12.2. The highest BCUT2D eigenvalue weighted by atomic mass is 32.2. The van der Waals surface area contributed by atoms with E-state index in [2.05, 4.69) is 20.8 Å². The second kappa shape index (κ2) is 10.1. The van der Waals surface area contributed by atoms with Gasteiger partial charge in [0.1, 0.15) is 0 Å². The molecule has 0 saturated carbocycles. The number of rotatable bonds is 7. The van der Waals surface area contributed by atoms with E-state index in [4.69, 9.17) is 0 Å². The van der Waals surface area contributed by atoms with E-state index in [-0.39, 0.29) is 10.8 Å². The molecule has 0 unspecified atom stereocenters. The van der Waals surface area contributed by atoms with Crippen LogP contribution in [-0.2, 0) is 20.4 Å². The number of carbonyl (C=O) groups excluding carboxylic acids is 3. The van der Waals surface area contributed by atoms with Crippen LogP contribution in [0.1, 0.15) is 21.5 Å². The molecule has 3 amide bonds. The van der Waals surface area contributed by atoms with Gasteiger partial charge in [-0.2, -0.15) is 0 Å². The lowest BCUT2D eigenvalue weighted by atomic mass is 10.1. The number of amides is 3. The average Bonchev–Trinajstić information content (AvgIpc) is 3.37. The highest BCUT2D eigenvalue weighted by Gasteiger charge is 2.24. The van der Waals surface area contributed by atoms with Gasteiger partial charge in [0.25, 0.3) is 17.1 Å². The van der Waals surface area contributed by atoms with Gasteiger partial charge in [-0.05, 0) is 53.2 Å². The molecular weight excluding hydrogens is 517 g/mol. The van der Waals surface area contributed by atoms with Gasteiger partial charge in [0, 0.05) is 17.6 Å². The summed E-state index contributed by atoms with van der Waals surface area (Å²) in [4.78, 5) is 35.9. The molecule has 1 aliphatic rings. The minimum atomic E-state index is -3.23. The maximum absolute atomic E-state index is 12.5. The van der Waals surface area contributed by atoms with E-state index < -0.39 is 21.0 Å². The van der Waals surface area contributed by atoms with Crippen LogP contribution in [0.5, 0.6) is 0 Å². The fraction of sp³-hybridized carbons (Fsp3) is 0.0952. The van der Waals surface area contributed by atoms with Gasteiger partial charge in [-0.3, -0.25) is 25.0 Å². The number of anilines is 1. The van der Waals surface area contributed by atoms with Crippen LogP contribution >= 0.6 is 34.9 Å². The summed E-state index contributed by atoms with van der Waals surface area (Å²) in [7, 11) is -3.23. The number of thioether (sulfide) groups is 2. The Balaban J connectivity index is 1.33. The third-order valence-corrected chi connectivity index (χ3v) is 8.44. The lowest BCUT2D eigenvalue weighted by Gasteiger charge is -2.02. The van der Waals surface area contributed by atoms with Crippen LogP contribution in [0.2, 0.25) is 0 Å². The number of benzene rings is 2. The Kier molecular flexibility index (Phi) is 7.16. The molecule has 3 aromatic rings. The number of nitrogens with one attached hydrogen (secondary N) is 2. The van der Waals surface area contributed by atoms with Crippen molar-refractivity contribution in [3.8, 4) is 0 Å². The number of nitrogens with zero attached hydrogens (tertiary/aromatic N) is 2. The average molecular weight is 533 g/mol. The molecule has 4 rings (SSSR count). The first-order chi connectivity index (χ1) is 16.2. The summed E-state index contributed by atoms with van der Waals surface area (Å²) >= 11 is 3.49. The maximum Gasteiger partial charge on any atom is 0.290 e. The Hall–Kier alpha value is -3.00. The highest BCUT2D eigenvalue weighted by molar-refractivity contribution is 8.18. The molecule has 0 atom stereocenters. The van der Waals surface area contributed by atoms with Crippen LogP contribution in [0.4, 0.5) is 9.93 Å². The number of hydrogen-bond donors (Lipinski definition) is 2. The molecule has 174 valence electrons. The zero-order valence-corrected chi connectivity index (χ0v) is 20.7. The number of carbonyl (C=O) groups is 3. The fourth-order valence-electron chi connectivity index (χ4n) is 2.77. The van der Waals surface area contributed by atoms with Gasteiger partial charge in [-0.25, -0.2) is 8.42 Å². The van der Waals surface area contributed by atoms with Crippen LogP contribution in [0, 0.1) is 0 Å². The van der Waals surface area contributed by atoms with E-state index in [1.54, 1.807) is 54.6 Å². The van der Waals surface area contributed by atoms with Crippen LogP contribution in [0.3, 0.4) is 0 Å². The number of sulfone groups is 1. The molecule has 2 heterocycles. The minimum absolute atomic E-state index is 0.268. The van der Waals surface area contributed by atoms with Crippen molar-refractivity contribution in [1.82, 2.24) is 15.5 Å². The molecule has 0 spiro atoms. The Labute approximate surface area is 207 Å². The van der Waals surface area contributed by atoms with E-state index in [1.165, 1.54) is 29.4 Å². The predicted molar refractivity (Wildman–Crippen MR) is 133 cm³/mol. The van der Waals surface area contributed by atoms with Crippen molar-refractivity contribution in [3.63, 3.8) is 0 Å². The Morgan fingerprint density at radius 3 is 2.41 bits per heavy atom. The molecule has 0 aliphatic carbocycles. The molecule has 0 radical (unpaired) electrons. The molecule has 1 aliphatic heterocycles. The van der Waals surface area contributed by atoms with Crippen LogP contribution < -0.4 is 10.6 Å². The van der Waals surface area contributed by atoms with E-state index in [0.29, 0.717) is 31.3 Å². The molecule has 0 bridgehead atoms. The van der Waals surface area contributed by atoms with Crippen LogP contribution in [0.25, 0.3) is 6.08 Å². The maximum atomic E-state index is 12.5. The molecule has 1 saturated heterocycles. The normalized spacial score (nSPS) is 14.9. The SMILES string of the molecule is CS(=O)(=O)c1ccc(CSc2nnc(NC(=O)c3ccc(/C=C4\SC(=O)NC4=O)cc3)s2)cc1. The van der Waals surface area contributed by atoms with Gasteiger partial charge >= 0.3 is 0 Å². The first-order valence-electron chi connectivity index (χ1n) is 9.59. The number of hydrogen-bond acceptors (Lipinski definition) is 10. The van der Waals surface area contributed by atoms with E-state index in [9.17, 15) is 22.8 Å². The second-order valence-electron chi connectivity index (χ2n) is 7.01. The Morgan fingerprint density at radius 1 is 1.09 bits per heavy atom. The van der Waals surface area contributed by atoms with Gasteiger partial charge in [0.2, 0.25) is 5.13 Å². The highest BCUT2D eigenvalue weighted by Crippen LogP contribution is 2.29. The van der Waals surface area contributed by atoms with E-state index in [0.717, 1.165) is 17.3 Å². The zero-order chi connectivity index (χ0) is 24.3. The third kappa shape index (κ3) is 6.11. The molecule has 9 nitrogen and oxygen atoms in total. The molecular formula is C21H16N4O5S4. The number of aromatic nitrogens is 2. The van der Waals surface area contributed by atoms with E-state index in [1.807, 2.05) is 0 Å². The summed E-state index contributed by atoms with van der Waals surface area (Å²) in [6, 6.07) is 13.2. The van der Waals surface area contributed by atoms with Crippen molar-refractivity contribution >= 4 is 73.0 Å².